The van der Waals surface area contributed by atoms with E-state index < -0.39 is 28.7 Å². The summed E-state index contributed by atoms with van der Waals surface area (Å²) in [5.74, 6) is -1.26. The van der Waals surface area contributed by atoms with Crippen molar-refractivity contribution in [2.24, 2.45) is 0 Å². The first-order chi connectivity index (χ1) is 23.6. The lowest BCUT2D eigenvalue weighted by Gasteiger charge is -2.25. The number of ether oxygens (including phenoxy) is 3. The van der Waals surface area contributed by atoms with Gasteiger partial charge in [0.2, 0.25) is 5.91 Å². The number of rotatable bonds is 13. The first-order valence-corrected chi connectivity index (χ1v) is 15.5. The van der Waals surface area contributed by atoms with E-state index in [1.54, 1.807) is 29.2 Å². The molecule has 4 aromatic rings. The monoisotopic (exact) mass is 668 g/mol. The molecule has 1 saturated heterocycles. The minimum atomic E-state index is -1.30. The SMILES string of the molecule is COc1cc(CC(=O)N2C[C@H](OCc3ccccc3)C[C@H]2COc2ccc(C(=O)O)cc2[N+](=O)[O-])ccc1NC(=O)Nc1ccccc1C. The summed E-state index contributed by atoms with van der Waals surface area (Å²) in [4.78, 5) is 50.4. The second-order valence-electron chi connectivity index (χ2n) is 11.5. The lowest BCUT2D eigenvalue weighted by atomic mass is 10.1. The standard InChI is InChI=1S/C36H36N4O9/c1-23-8-6-7-11-29(23)37-36(44)38-30-14-12-25(16-33(30)47-2)17-34(41)39-20-28(48-21-24-9-4-3-5-10-24)19-27(39)22-49-32-15-13-26(35(42)43)18-31(32)40(45)46/h3-16,18,27-28H,17,19-22H2,1-2H3,(H,42,43)(H2,37,38,44)/t27-,28+/m0/s1. The van der Waals surface area contributed by atoms with E-state index >= 15 is 0 Å². The van der Waals surface area contributed by atoms with E-state index in [0.29, 0.717) is 35.7 Å². The Bertz CT molecular complexity index is 1830. The number of nitrogens with one attached hydrogen (secondary N) is 2. The highest BCUT2D eigenvalue weighted by Gasteiger charge is 2.37. The fourth-order valence-corrected chi connectivity index (χ4v) is 5.56. The Morgan fingerprint density at radius 2 is 1.65 bits per heavy atom. The maximum Gasteiger partial charge on any atom is 0.335 e. The normalized spacial score (nSPS) is 15.3. The van der Waals surface area contributed by atoms with Gasteiger partial charge in [-0.25, -0.2) is 9.59 Å². The average molecular weight is 669 g/mol. The predicted molar refractivity (Wildman–Crippen MR) is 181 cm³/mol. The van der Waals surface area contributed by atoms with Crippen molar-refractivity contribution in [1.29, 1.82) is 0 Å². The number of carbonyl (C=O) groups is 3. The van der Waals surface area contributed by atoms with Crippen molar-refractivity contribution in [2.75, 3.05) is 30.9 Å². The van der Waals surface area contributed by atoms with Crippen molar-refractivity contribution in [3.8, 4) is 11.5 Å². The number of benzene rings is 4. The number of aromatic carboxylic acids is 1. The van der Waals surface area contributed by atoms with E-state index in [1.165, 1.54) is 19.2 Å². The number of urea groups is 1. The molecule has 0 aliphatic carbocycles. The van der Waals surface area contributed by atoms with Gasteiger partial charge in [-0.2, -0.15) is 0 Å². The third-order valence-corrected chi connectivity index (χ3v) is 8.12. The Hall–Kier alpha value is -5.95. The highest BCUT2D eigenvalue weighted by atomic mass is 16.6. The van der Waals surface area contributed by atoms with Crippen LogP contribution < -0.4 is 20.1 Å². The summed E-state index contributed by atoms with van der Waals surface area (Å²) in [6.07, 6.45) is 0.0957. The summed E-state index contributed by atoms with van der Waals surface area (Å²) in [6, 6.07) is 24.6. The molecule has 1 aliphatic rings. The summed E-state index contributed by atoms with van der Waals surface area (Å²) >= 11 is 0. The molecule has 1 heterocycles. The number of nitrogens with zero attached hydrogens (tertiary/aromatic N) is 2. The van der Waals surface area contributed by atoms with Gasteiger partial charge in [-0.15, -0.1) is 0 Å². The number of hydrogen-bond acceptors (Lipinski definition) is 8. The van der Waals surface area contributed by atoms with Crippen LogP contribution in [0.2, 0.25) is 0 Å². The molecule has 0 saturated carbocycles. The molecule has 1 aliphatic heterocycles. The lowest BCUT2D eigenvalue weighted by molar-refractivity contribution is -0.385. The molecule has 3 N–H and O–H groups in total. The van der Waals surface area contributed by atoms with Gasteiger partial charge in [-0.3, -0.25) is 14.9 Å². The number of hydrogen-bond donors (Lipinski definition) is 3. The van der Waals surface area contributed by atoms with Gasteiger partial charge in [0.05, 0.1) is 48.5 Å². The maximum absolute atomic E-state index is 13.8. The quantitative estimate of drug-likeness (QED) is 0.113. The molecule has 13 heteroatoms. The van der Waals surface area contributed by atoms with Crippen molar-refractivity contribution in [1.82, 2.24) is 4.90 Å². The molecule has 2 atom stereocenters. The number of carboxylic acids is 1. The molecule has 0 spiro atoms. The van der Waals surface area contributed by atoms with Crippen LogP contribution in [0.4, 0.5) is 21.9 Å². The van der Waals surface area contributed by atoms with E-state index in [4.69, 9.17) is 14.2 Å². The number of carbonyl (C=O) groups excluding carboxylic acids is 2. The summed E-state index contributed by atoms with van der Waals surface area (Å²) in [5, 5.41) is 26.5. The van der Waals surface area contributed by atoms with Crippen LogP contribution in [0.5, 0.6) is 11.5 Å². The number of nitro benzene ring substituents is 1. The zero-order valence-electron chi connectivity index (χ0n) is 27.0. The Balaban J connectivity index is 1.29. The van der Waals surface area contributed by atoms with Crippen LogP contribution in [0, 0.1) is 17.0 Å². The minimum absolute atomic E-state index is 0.00140. The highest BCUT2D eigenvalue weighted by Crippen LogP contribution is 2.31. The van der Waals surface area contributed by atoms with E-state index in [-0.39, 0.29) is 42.9 Å². The van der Waals surface area contributed by atoms with Crippen LogP contribution in [0.15, 0.2) is 91.0 Å². The molecule has 49 heavy (non-hydrogen) atoms. The molecule has 5 rings (SSSR count). The molecule has 254 valence electrons. The van der Waals surface area contributed by atoms with Crippen molar-refractivity contribution in [3.63, 3.8) is 0 Å². The average Bonchev–Trinajstić information content (AvgIpc) is 3.51. The molecule has 1 fully saturated rings. The zero-order chi connectivity index (χ0) is 34.9. The van der Waals surface area contributed by atoms with E-state index in [0.717, 1.165) is 17.2 Å². The molecule has 0 bridgehead atoms. The Morgan fingerprint density at radius 3 is 2.37 bits per heavy atom. The number of anilines is 2. The van der Waals surface area contributed by atoms with E-state index in [1.807, 2.05) is 55.5 Å². The summed E-state index contributed by atoms with van der Waals surface area (Å²) in [5.41, 5.74) is 2.88. The first kappa shape index (κ1) is 34.4. The number of methoxy groups -OCH3 is 1. The topological polar surface area (TPSA) is 170 Å². The minimum Gasteiger partial charge on any atom is -0.495 e. The third-order valence-electron chi connectivity index (χ3n) is 8.12. The molecular weight excluding hydrogens is 632 g/mol. The predicted octanol–water partition coefficient (Wildman–Crippen LogP) is 6.06. The van der Waals surface area contributed by atoms with E-state index in [9.17, 15) is 29.6 Å². The van der Waals surface area contributed by atoms with Gasteiger partial charge in [-0.05, 0) is 60.4 Å². The second kappa shape index (κ2) is 15.8. The zero-order valence-corrected chi connectivity index (χ0v) is 27.0. The Kier molecular flexibility index (Phi) is 11.1. The fraction of sp³-hybridized carbons (Fsp3) is 0.250. The number of aryl methyl sites for hydroxylation is 1. The van der Waals surface area contributed by atoms with Crippen LogP contribution in [0.1, 0.15) is 33.5 Å². The van der Waals surface area contributed by atoms with Gasteiger partial charge in [0.1, 0.15) is 12.4 Å². The fourth-order valence-electron chi connectivity index (χ4n) is 5.56. The number of likely N-dealkylation sites (tertiary alicyclic amines) is 1. The van der Waals surface area contributed by atoms with Gasteiger partial charge in [0, 0.05) is 18.3 Å². The van der Waals surface area contributed by atoms with Crippen LogP contribution in [0.3, 0.4) is 0 Å². The summed E-state index contributed by atoms with van der Waals surface area (Å²) in [6.45, 7) is 2.42. The van der Waals surface area contributed by atoms with Crippen LogP contribution in [-0.4, -0.2) is 65.2 Å². The molecule has 13 nitrogen and oxygen atoms in total. The highest BCUT2D eigenvalue weighted by molar-refractivity contribution is 6.01. The molecule has 0 radical (unpaired) electrons. The molecule has 0 aromatic heterocycles. The van der Waals surface area contributed by atoms with Crippen LogP contribution >= 0.6 is 0 Å². The van der Waals surface area contributed by atoms with Gasteiger partial charge < -0.3 is 34.9 Å². The van der Waals surface area contributed by atoms with Crippen LogP contribution in [-0.2, 0) is 22.6 Å². The number of para-hydroxylation sites is 1. The van der Waals surface area contributed by atoms with Crippen molar-refractivity contribution < 1.29 is 38.6 Å². The molecule has 4 aromatic carbocycles. The Labute approximate surface area is 282 Å². The second-order valence-corrected chi connectivity index (χ2v) is 11.5. The molecule has 3 amide bonds. The van der Waals surface area contributed by atoms with Crippen molar-refractivity contribution >= 4 is 35.0 Å². The van der Waals surface area contributed by atoms with Crippen LogP contribution in [0.25, 0.3) is 0 Å². The van der Waals surface area contributed by atoms with Gasteiger partial charge >= 0.3 is 17.7 Å². The van der Waals surface area contributed by atoms with Gasteiger partial charge in [-0.1, -0.05) is 54.6 Å². The smallest absolute Gasteiger partial charge is 0.335 e. The maximum atomic E-state index is 13.8. The van der Waals surface area contributed by atoms with Gasteiger partial charge in [0.15, 0.2) is 5.75 Å². The first-order valence-electron chi connectivity index (χ1n) is 15.5. The summed E-state index contributed by atoms with van der Waals surface area (Å²) in [7, 11) is 1.47. The Morgan fingerprint density at radius 1 is 0.918 bits per heavy atom. The third kappa shape index (κ3) is 8.90. The summed E-state index contributed by atoms with van der Waals surface area (Å²) < 4.78 is 17.5. The van der Waals surface area contributed by atoms with E-state index in [2.05, 4.69) is 10.6 Å². The van der Waals surface area contributed by atoms with Gasteiger partial charge in [0.25, 0.3) is 0 Å². The number of carboxylic acid groups (broad SMARTS) is 1. The molecule has 0 unspecified atom stereocenters. The largest absolute Gasteiger partial charge is 0.495 e. The lowest BCUT2D eigenvalue weighted by Crippen LogP contribution is -2.40. The van der Waals surface area contributed by atoms with Crippen molar-refractivity contribution in [2.45, 2.75) is 38.5 Å². The van der Waals surface area contributed by atoms with Crippen molar-refractivity contribution in [3.05, 3.63) is 123 Å². The molecular formula is C36H36N4O9. The number of nitro groups is 1. The number of amides is 3.